The summed E-state index contributed by atoms with van der Waals surface area (Å²) in [5.74, 6) is 0. The monoisotopic (exact) mass is 694 g/mol. The largest absolute Gasteiger partial charge is 0.235 e. The Balaban J connectivity index is 0.00000181. The lowest BCUT2D eigenvalue weighted by molar-refractivity contribution is -0.673. The molecular formula is C26H36I2N2S2+2. The van der Waals surface area contributed by atoms with Crippen molar-refractivity contribution in [2.75, 3.05) is 0 Å². The molecule has 6 heteroatoms. The molecule has 0 N–H and O–H groups in total. The van der Waals surface area contributed by atoms with E-state index in [1.807, 2.05) is 22.7 Å². The number of fused-ring (bicyclic) bond motifs is 2. The van der Waals surface area contributed by atoms with Crippen LogP contribution < -0.4 is 9.13 Å². The molecule has 0 amide bonds. The van der Waals surface area contributed by atoms with Crippen molar-refractivity contribution in [1.29, 1.82) is 0 Å². The van der Waals surface area contributed by atoms with Crippen LogP contribution in [0.2, 0.25) is 0 Å². The van der Waals surface area contributed by atoms with Gasteiger partial charge < -0.3 is 0 Å². The highest BCUT2D eigenvalue weighted by Crippen LogP contribution is 2.21. The van der Waals surface area contributed by atoms with Gasteiger partial charge in [-0.05, 0) is 25.0 Å². The van der Waals surface area contributed by atoms with E-state index in [1.54, 1.807) is 0 Å². The Hall–Kier alpha value is -0.320. The summed E-state index contributed by atoms with van der Waals surface area (Å²) in [4.78, 5) is 0. The third-order valence-corrected chi connectivity index (χ3v) is 8.26. The zero-order chi connectivity index (χ0) is 20.8. The van der Waals surface area contributed by atoms with Crippen molar-refractivity contribution < 1.29 is 9.13 Å². The van der Waals surface area contributed by atoms with E-state index in [0.717, 1.165) is 0 Å². The molecule has 174 valence electrons. The topological polar surface area (TPSA) is 7.76 Å². The Bertz CT molecular complexity index is 1020. The normalized spacial score (nSPS) is 10.9. The molecule has 2 heterocycles. The van der Waals surface area contributed by atoms with Gasteiger partial charge in [-0.25, -0.2) is 0 Å². The van der Waals surface area contributed by atoms with Gasteiger partial charge in [0.15, 0.2) is 0 Å². The van der Waals surface area contributed by atoms with E-state index in [1.165, 1.54) is 94.9 Å². The van der Waals surface area contributed by atoms with Gasteiger partial charge >= 0.3 is 0 Å². The summed E-state index contributed by atoms with van der Waals surface area (Å²) < 4.78 is 7.85. The van der Waals surface area contributed by atoms with E-state index < -0.39 is 0 Å². The quantitative estimate of drug-likeness (QED) is 0.0848. The number of halogens is 2. The molecule has 4 aromatic rings. The van der Waals surface area contributed by atoms with Gasteiger partial charge in [0.2, 0.25) is 21.0 Å². The van der Waals surface area contributed by atoms with Crippen LogP contribution in [-0.2, 0) is 13.1 Å². The molecule has 0 saturated heterocycles. The van der Waals surface area contributed by atoms with Crippen molar-refractivity contribution >= 4 is 91.1 Å². The molecule has 0 atom stereocenters. The first-order chi connectivity index (χ1) is 14.7. The molecule has 0 saturated carbocycles. The van der Waals surface area contributed by atoms with E-state index in [2.05, 4.69) is 71.5 Å². The first-order valence-electron chi connectivity index (χ1n) is 11.5. The molecule has 0 fully saturated rings. The number of hydrogen-bond acceptors (Lipinski definition) is 2. The second-order valence-corrected chi connectivity index (χ2v) is 10.8. The van der Waals surface area contributed by atoms with Gasteiger partial charge in [-0.3, -0.25) is 0 Å². The standard InChI is InChI=1S/C26H34N2S2.2HI/c1-21-27(23-15-9-11-17-25(23)29-21)19-13-7-5-3-4-6-8-14-20-28-22(2)30-26-18-12-10-16-24(26)28;;/h9-12,15-18H,3-8,13-14,19-20H2,1-2H3;2*1H/q+2;;. The second-order valence-electron chi connectivity index (χ2n) is 8.31. The van der Waals surface area contributed by atoms with E-state index in [0.29, 0.717) is 0 Å². The number of rotatable bonds is 11. The first-order valence-corrected chi connectivity index (χ1v) is 13.1. The van der Waals surface area contributed by atoms with Crippen LogP contribution in [0.5, 0.6) is 0 Å². The zero-order valence-electron chi connectivity index (χ0n) is 19.2. The van der Waals surface area contributed by atoms with Crippen molar-refractivity contribution in [3.05, 3.63) is 58.5 Å². The van der Waals surface area contributed by atoms with E-state index in [9.17, 15) is 0 Å². The fourth-order valence-electron chi connectivity index (χ4n) is 4.46. The van der Waals surface area contributed by atoms with Gasteiger partial charge in [-0.2, -0.15) is 9.13 Å². The average Bonchev–Trinajstić information content (AvgIpc) is 3.25. The van der Waals surface area contributed by atoms with Crippen molar-refractivity contribution in [3.8, 4) is 0 Å². The Morgan fingerprint density at radius 1 is 0.531 bits per heavy atom. The Morgan fingerprint density at radius 3 is 1.28 bits per heavy atom. The summed E-state index contributed by atoms with van der Waals surface area (Å²) in [5.41, 5.74) is 2.82. The third kappa shape index (κ3) is 7.09. The molecule has 4 rings (SSSR count). The number of hydrogen-bond donors (Lipinski definition) is 0. The van der Waals surface area contributed by atoms with Crippen LogP contribution in [0.1, 0.15) is 61.4 Å². The van der Waals surface area contributed by atoms with Crippen molar-refractivity contribution in [2.24, 2.45) is 0 Å². The van der Waals surface area contributed by atoms with Crippen molar-refractivity contribution in [2.45, 2.75) is 78.3 Å². The number of benzene rings is 2. The number of thiazole rings is 2. The first kappa shape index (κ1) is 27.9. The maximum Gasteiger partial charge on any atom is 0.235 e. The number of unbranched alkanes of at least 4 members (excludes halogenated alkanes) is 7. The third-order valence-electron chi connectivity index (χ3n) is 6.10. The van der Waals surface area contributed by atoms with Gasteiger partial charge in [0.1, 0.15) is 22.5 Å². The Labute approximate surface area is 235 Å². The number of nitrogens with zero attached hydrogens (tertiary/aromatic N) is 2. The van der Waals surface area contributed by atoms with Gasteiger partial charge in [-0.1, -0.05) is 72.6 Å². The van der Waals surface area contributed by atoms with Crippen molar-refractivity contribution in [1.82, 2.24) is 0 Å². The summed E-state index contributed by atoms with van der Waals surface area (Å²) in [7, 11) is 0. The maximum atomic E-state index is 2.51. The molecule has 2 aromatic carbocycles. The van der Waals surface area contributed by atoms with Gasteiger partial charge in [0.05, 0.1) is 0 Å². The minimum Gasteiger partial charge on any atom is -0.186 e. The SMILES string of the molecule is Cc1sc2ccccc2[n+]1CCCCCCCCCC[n+]1c(C)sc2ccccc21.I.I. The molecule has 0 bridgehead atoms. The average molecular weight is 695 g/mol. The fraction of sp³-hybridized carbons (Fsp3) is 0.462. The smallest absolute Gasteiger partial charge is 0.186 e. The highest BCUT2D eigenvalue weighted by atomic mass is 127. The second kappa shape index (κ2) is 14.2. The predicted molar refractivity (Wildman–Crippen MR) is 161 cm³/mol. The lowest BCUT2D eigenvalue weighted by atomic mass is 10.1. The molecule has 0 radical (unpaired) electrons. The molecule has 0 aliphatic heterocycles. The van der Waals surface area contributed by atoms with Crippen LogP contribution >= 0.6 is 70.6 Å². The minimum absolute atomic E-state index is 0. The molecule has 2 aromatic heterocycles. The van der Waals surface area contributed by atoms with Crippen molar-refractivity contribution in [3.63, 3.8) is 0 Å². The zero-order valence-corrected chi connectivity index (χ0v) is 25.5. The highest BCUT2D eigenvalue weighted by molar-refractivity contribution is 14.0. The molecule has 2 nitrogen and oxygen atoms in total. The Morgan fingerprint density at radius 2 is 0.875 bits per heavy atom. The molecule has 0 aliphatic rings. The van der Waals surface area contributed by atoms with Gasteiger partial charge in [0, 0.05) is 38.8 Å². The summed E-state index contributed by atoms with van der Waals surface area (Å²) in [6.45, 7) is 6.84. The summed E-state index contributed by atoms with van der Waals surface area (Å²) in [6, 6.07) is 17.6. The van der Waals surface area contributed by atoms with Crippen LogP contribution in [-0.4, -0.2) is 0 Å². The predicted octanol–water partition coefficient (Wildman–Crippen LogP) is 8.36. The maximum absolute atomic E-state index is 2.51. The molecule has 0 spiro atoms. The molecule has 32 heavy (non-hydrogen) atoms. The molecule has 0 unspecified atom stereocenters. The number of para-hydroxylation sites is 2. The number of aromatic nitrogens is 2. The number of aryl methyl sites for hydroxylation is 4. The summed E-state index contributed by atoms with van der Waals surface area (Å²) >= 11 is 3.84. The Kier molecular flexibility index (Phi) is 12.4. The van der Waals surface area contributed by atoms with Gasteiger partial charge in [0.25, 0.3) is 0 Å². The summed E-state index contributed by atoms with van der Waals surface area (Å²) in [5, 5.41) is 2.87. The van der Waals surface area contributed by atoms with Crippen LogP contribution in [0.4, 0.5) is 0 Å². The van der Waals surface area contributed by atoms with E-state index in [4.69, 9.17) is 0 Å². The van der Waals surface area contributed by atoms with Crippen LogP contribution in [0.25, 0.3) is 20.4 Å². The molecule has 0 aliphatic carbocycles. The van der Waals surface area contributed by atoms with Gasteiger partial charge in [-0.15, -0.1) is 48.0 Å². The minimum atomic E-state index is 0. The summed E-state index contributed by atoms with van der Waals surface area (Å²) in [6.07, 6.45) is 10.8. The van der Waals surface area contributed by atoms with E-state index >= 15 is 0 Å². The fourth-order valence-corrected chi connectivity index (χ4v) is 6.55. The van der Waals surface area contributed by atoms with Crippen LogP contribution in [0.3, 0.4) is 0 Å². The lowest BCUT2D eigenvalue weighted by Gasteiger charge is -2.02. The highest BCUT2D eigenvalue weighted by Gasteiger charge is 2.16. The van der Waals surface area contributed by atoms with E-state index in [-0.39, 0.29) is 48.0 Å². The van der Waals surface area contributed by atoms with Crippen LogP contribution in [0, 0.1) is 13.8 Å². The lowest BCUT2D eigenvalue weighted by Crippen LogP contribution is -2.34. The molecular weight excluding hydrogens is 658 g/mol. The van der Waals surface area contributed by atoms with Crippen LogP contribution in [0.15, 0.2) is 48.5 Å².